The highest BCUT2D eigenvalue weighted by atomic mass is 16.5. The van der Waals surface area contributed by atoms with Crippen molar-refractivity contribution in [3.05, 3.63) is 18.6 Å². The molecule has 0 bridgehead atoms. The summed E-state index contributed by atoms with van der Waals surface area (Å²) in [6, 6.07) is 3.72. The van der Waals surface area contributed by atoms with Gasteiger partial charge < -0.3 is 24.9 Å². The van der Waals surface area contributed by atoms with Crippen LogP contribution in [0.5, 0.6) is 0 Å². The number of likely N-dealkylation sites (tertiary alicyclic amines) is 1. The first kappa shape index (κ1) is 22.2. The van der Waals surface area contributed by atoms with E-state index >= 15 is 0 Å². The molecule has 1 aliphatic rings. The Kier molecular flexibility index (Phi) is 6.84. The molecule has 0 radical (unpaired) electrons. The summed E-state index contributed by atoms with van der Waals surface area (Å²) in [4.78, 5) is 40.3. The molecule has 2 aromatic heterocycles. The number of amides is 1. The van der Waals surface area contributed by atoms with Gasteiger partial charge in [0.25, 0.3) is 0 Å². The number of carbonyl (C=O) groups excluding carboxylic acids is 2. The number of ether oxygens (including phenoxy) is 1. The summed E-state index contributed by atoms with van der Waals surface area (Å²) < 4.78 is 4.83. The number of esters is 1. The Morgan fingerprint density at radius 2 is 2.26 bits per heavy atom. The predicted octanol–water partition coefficient (Wildman–Crippen LogP) is 1.74. The normalized spacial score (nSPS) is 19.5. The Bertz CT molecular complexity index is 1010. The molecule has 31 heavy (non-hydrogen) atoms. The van der Waals surface area contributed by atoms with E-state index in [2.05, 4.69) is 26.8 Å². The summed E-state index contributed by atoms with van der Waals surface area (Å²) in [7, 11) is 1.96. The van der Waals surface area contributed by atoms with E-state index in [1.54, 1.807) is 17.9 Å². The second-order valence-corrected chi connectivity index (χ2v) is 7.74. The molecule has 2 aromatic rings. The van der Waals surface area contributed by atoms with Crippen LogP contribution in [0.15, 0.2) is 18.6 Å². The van der Waals surface area contributed by atoms with Gasteiger partial charge in [0.2, 0.25) is 5.91 Å². The first-order valence-electron chi connectivity index (χ1n) is 10.3. The Hall–Kier alpha value is -3.48. The second-order valence-electron chi connectivity index (χ2n) is 7.74. The number of hydrogen-bond acceptors (Lipinski definition) is 8. The molecule has 1 aliphatic heterocycles. The van der Waals surface area contributed by atoms with Gasteiger partial charge in [-0.05, 0) is 25.3 Å². The molecule has 10 heteroatoms. The monoisotopic (exact) mass is 425 g/mol. The van der Waals surface area contributed by atoms with Crippen molar-refractivity contribution >= 4 is 34.4 Å². The van der Waals surface area contributed by atoms with Crippen LogP contribution < -0.4 is 4.90 Å². The molecule has 2 N–H and O–H groups in total. The number of nitriles is 1. The van der Waals surface area contributed by atoms with Crippen LogP contribution in [0.2, 0.25) is 0 Å². The molecule has 0 saturated carbocycles. The van der Waals surface area contributed by atoms with Crippen LogP contribution in [0.4, 0.5) is 5.82 Å². The fraction of sp³-hybridized carbons (Fsp3) is 0.524. The summed E-state index contributed by atoms with van der Waals surface area (Å²) in [5.41, 5.74) is 0.516. The number of aromatic amines is 1. The van der Waals surface area contributed by atoms with Crippen molar-refractivity contribution in [3.8, 4) is 6.07 Å². The minimum absolute atomic E-state index is 0.0247. The van der Waals surface area contributed by atoms with E-state index in [4.69, 9.17) is 10.1 Å². The summed E-state index contributed by atoms with van der Waals surface area (Å²) >= 11 is 0. The van der Waals surface area contributed by atoms with Crippen molar-refractivity contribution in [2.75, 3.05) is 31.6 Å². The topological polar surface area (TPSA) is 139 Å². The van der Waals surface area contributed by atoms with E-state index in [1.807, 2.05) is 19.3 Å². The zero-order valence-corrected chi connectivity index (χ0v) is 18.0. The number of carbonyl (C=O) groups is 2. The molecule has 164 valence electrons. The molecular weight excluding hydrogens is 398 g/mol. The first-order valence-corrected chi connectivity index (χ1v) is 10.3. The van der Waals surface area contributed by atoms with E-state index in [-0.39, 0.29) is 30.7 Å². The first-order chi connectivity index (χ1) is 14.9. The highest BCUT2D eigenvalue weighted by Crippen LogP contribution is 2.29. The maximum absolute atomic E-state index is 12.9. The lowest BCUT2D eigenvalue weighted by Crippen LogP contribution is -2.53. The number of nitrogens with zero attached hydrogens (tertiary/aromatic N) is 5. The van der Waals surface area contributed by atoms with Gasteiger partial charge in [-0.15, -0.1) is 0 Å². The number of H-pyrrole nitrogens is 1. The third kappa shape index (κ3) is 4.66. The Morgan fingerprint density at radius 3 is 2.97 bits per heavy atom. The lowest BCUT2D eigenvalue weighted by Gasteiger charge is -2.42. The number of aromatic nitrogens is 3. The lowest BCUT2D eigenvalue weighted by atomic mass is 9.91. The van der Waals surface area contributed by atoms with E-state index in [0.29, 0.717) is 19.0 Å². The van der Waals surface area contributed by atoms with Crippen LogP contribution in [-0.2, 0) is 14.3 Å². The number of nitrogens with one attached hydrogen (secondary N) is 2. The number of hydrogen-bond donors (Lipinski definition) is 2. The average Bonchev–Trinajstić information content (AvgIpc) is 3.23. The summed E-state index contributed by atoms with van der Waals surface area (Å²) in [5, 5.41) is 18.2. The molecule has 1 fully saturated rings. The van der Waals surface area contributed by atoms with Gasteiger partial charge in [-0.3, -0.25) is 9.59 Å². The Labute approximate surface area is 180 Å². The summed E-state index contributed by atoms with van der Waals surface area (Å²) in [6.07, 6.45) is 3.85. The fourth-order valence-corrected chi connectivity index (χ4v) is 3.95. The van der Waals surface area contributed by atoms with Crippen molar-refractivity contribution in [1.29, 1.82) is 10.7 Å². The van der Waals surface area contributed by atoms with E-state index in [1.165, 1.54) is 6.33 Å². The van der Waals surface area contributed by atoms with Gasteiger partial charge in [-0.1, -0.05) is 6.92 Å². The molecule has 3 heterocycles. The molecular formula is C21H27N7O3. The summed E-state index contributed by atoms with van der Waals surface area (Å²) in [6.45, 7) is 4.93. The van der Waals surface area contributed by atoms with Crippen LogP contribution in [0.1, 0.15) is 26.7 Å². The smallest absolute Gasteiger partial charge is 0.329 e. The average molecular weight is 425 g/mol. The fourth-order valence-electron chi connectivity index (χ4n) is 3.95. The van der Waals surface area contributed by atoms with Crippen molar-refractivity contribution in [3.63, 3.8) is 0 Å². The van der Waals surface area contributed by atoms with Crippen molar-refractivity contribution in [2.45, 2.75) is 32.7 Å². The minimum atomic E-state index is -1.35. The van der Waals surface area contributed by atoms with E-state index in [9.17, 15) is 14.9 Å². The Morgan fingerprint density at radius 1 is 1.48 bits per heavy atom. The van der Waals surface area contributed by atoms with Gasteiger partial charge in [0.1, 0.15) is 17.8 Å². The van der Waals surface area contributed by atoms with Gasteiger partial charge in [0, 0.05) is 32.0 Å². The van der Waals surface area contributed by atoms with Crippen LogP contribution >= 0.6 is 0 Å². The number of rotatable bonds is 7. The zero-order chi connectivity index (χ0) is 22.5. The SMILES string of the molecule is CCOC(=O)C(C#N)C(=N)CC(=O)N1CC[C@@H](C)[C@@H](N(C)c2ncnc3[nH]ccc23)C1. The number of anilines is 1. The van der Waals surface area contributed by atoms with Gasteiger partial charge in [0.05, 0.1) is 30.5 Å². The lowest BCUT2D eigenvalue weighted by molar-refractivity contribution is -0.144. The van der Waals surface area contributed by atoms with Crippen molar-refractivity contribution in [2.24, 2.45) is 11.8 Å². The predicted molar refractivity (Wildman–Crippen MR) is 115 cm³/mol. The van der Waals surface area contributed by atoms with Crippen LogP contribution in [0, 0.1) is 28.6 Å². The van der Waals surface area contributed by atoms with Gasteiger partial charge in [-0.25, -0.2) is 9.97 Å². The van der Waals surface area contributed by atoms with Crippen LogP contribution in [0.25, 0.3) is 11.0 Å². The highest BCUT2D eigenvalue weighted by molar-refractivity contribution is 6.10. The highest BCUT2D eigenvalue weighted by Gasteiger charge is 2.34. The molecule has 3 rings (SSSR count). The largest absolute Gasteiger partial charge is 0.465 e. The van der Waals surface area contributed by atoms with E-state index in [0.717, 1.165) is 23.3 Å². The number of fused-ring (bicyclic) bond motifs is 1. The maximum Gasteiger partial charge on any atom is 0.329 e. The second kappa shape index (κ2) is 9.55. The van der Waals surface area contributed by atoms with Crippen LogP contribution in [0.3, 0.4) is 0 Å². The Balaban J connectivity index is 1.71. The van der Waals surface area contributed by atoms with Crippen molar-refractivity contribution < 1.29 is 14.3 Å². The molecule has 0 spiro atoms. The minimum Gasteiger partial charge on any atom is -0.465 e. The third-order valence-electron chi connectivity index (χ3n) is 5.78. The standard InChI is InChI=1S/C21H27N7O3/c1-4-31-21(30)15(10-22)16(23)9-18(29)28-8-6-13(2)17(11-28)27(3)20-14-5-7-24-19(14)25-12-26-20/h5,7,12-13,15,17,23H,4,6,8-9,11H2,1-3H3,(H,24,25,26)/t13-,15?,17+/m1/s1. The third-order valence-corrected chi connectivity index (χ3v) is 5.78. The van der Waals surface area contributed by atoms with Crippen LogP contribution in [-0.4, -0.2) is 70.2 Å². The number of piperidine rings is 1. The molecule has 0 aromatic carbocycles. The molecule has 0 aliphatic carbocycles. The van der Waals surface area contributed by atoms with Gasteiger partial charge in [0.15, 0.2) is 5.92 Å². The molecule has 1 amide bonds. The van der Waals surface area contributed by atoms with Crippen molar-refractivity contribution in [1.82, 2.24) is 19.9 Å². The van der Waals surface area contributed by atoms with Gasteiger partial charge >= 0.3 is 5.97 Å². The molecule has 1 saturated heterocycles. The molecule has 10 nitrogen and oxygen atoms in total. The zero-order valence-electron chi connectivity index (χ0n) is 18.0. The number of likely N-dealkylation sites (N-methyl/N-ethyl adjacent to an activating group) is 1. The van der Waals surface area contributed by atoms with Gasteiger partial charge in [-0.2, -0.15) is 5.26 Å². The molecule has 1 unspecified atom stereocenters. The van der Waals surface area contributed by atoms with E-state index < -0.39 is 11.9 Å². The molecule has 3 atom stereocenters. The summed E-state index contributed by atoms with van der Waals surface area (Å²) in [5.74, 6) is -1.30. The maximum atomic E-state index is 12.9. The quantitative estimate of drug-likeness (QED) is 0.509.